The molecule has 20 heavy (non-hydrogen) atoms. The predicted molar refractivity (Wildman–Crippen MR) is 76.6 cm³/mol. The van der Waals surface area contributed by atoms with Crippen LogP contribution in [0.15, 0.2) is 30.3 Å². The first-order valence-electron chi connectivity index (χ1n) is 7.03. The molecule has 0 heterocycles. The van der Waals surface area contributed by atoms with E-state index in [4.69, 9.17) is 4.74 Å². The quantitative estimate of drug-likeness (QED) is 0.586. The summed E-state index contributed by atoms with van der Waals surface area (Å²) in [5, 5.41) is 2.79. The van der Waals surface area contributed by atoms with E-state index in [-0.39, 0.29) is 11.7 Å². The lowest BCUT2D eigenvalue weighted by Gasteiger charge is -2.03. The van der Waals surface area contributed by atoms with Gasteiger partial charge >= 0.3 is 0 Å². The first-order chi connectivity index (χ1) is 9.74. The van der Waals surface area contributed by atoms with Crippen molar-refractivity contribution >= 4 is 12.0 Å². The third kappa shape index (κ3) is 5.97. The molecule has 3 nitrogen and oxygen atoms in total. The van der Waals surface area contributed by atoms with Gasteiger partial charge in [-0.2, -0.15) is 0 Å². The maximum atomic E-state index is 12.7. The maximum Gasteiger partial charge on any atom is 0.244 e. The molecule has 1 aromatic rings. The minimum Gasteiger partial charge on any atom is -0.381 e. The highest BCUT2D eigenvalue weighted by atomic mass is 19.1. The van der Waals surface area contributed by atoms with Crippen LogP contribution in [-0.2, 0) is 9.53 Å². The Bertz CT molecular complexity index is 452. The normalized spacial score (nSPS) is 14.7. The first kappa shape index (κ1) is 14.7. The molecule has 0 aliphatic heterocycles. The average molecular weight is 277 g/mol. The highest BCUT2D eigenvalue weighted by Gasteiger charge is 2.20. The van der Waals surface area contributed by atoms with Crippen molar-refractivity contribution in [2.75, 3.05) is 19.8 Å². The number of rotatable bonds is 8. The van der Waals surface area contributed by atoms with Crippen LogP contribution in [0.5, 0.6) is 0 Å². The molecule has 1 aliphatic carbocycles. The lowest BCUT2D eigenvalue weighted by molar-refractivity contribution is -0.116. The van der Waals surface area contributed by atoms with Gasteiger partial charge in [-0.15, -0.1) is 0 Å². The Labute approximate surface area is 118 Å². The fraction of sp³-hybridized carbons (Fsp3) is 0.438. The zero-order valence-corrected chi connectivity index (χ0v) is 11.5. The molecule has 0 atom stereocenters. The topological polar surface area (TPSA) is 38.3 Å². The number of carbonyl (C=O) groups excluding carboxylic acids is 1. The Balaban J connectivity index is 1.55. The van der Waals surface area contributed by atoms with E-state index in [2.05, 4.69) is 5.32 Å². The molecule has 108 valence electrons. The molecule has 1 N–H and O–H groups in total. The van der Waals surface area contributed by atoms with Gasteiger partial charge < -0.3 is 10.1 Å². The molecular formula is C16H20FNO2. The molecule has 2 rings (SSSR count). The van der Waals surface area contributed by atoms with E-state index in [0.29, 0.717) is 13.2 Å². The third-order valence-corrected chi connectivity index (χ3v) is 3.11. The van der Waals surface area contributed by atoms with E-state index < -0.39 is 0 Å². The molecule has 0 saturated heterocycles. The van der Waals surface area contributed by atoms with Crippen LogP contribution in [0.3, 0.4) is 0 Å². The number of carbonyl (C=O) groups is 1. The molecule has 1 fully saturated rings. The van der Waals surface area contributed by atoms with Crippen molar-refractivity contribution in [2.24, 2.45) is 5.92 Å². The van der Waals surface area contributed by atoms with Gasteiger partial charge in [0.05, 0.1) is 0 Å². The summed E-state index contributed by atoms with van der Waals surface area (Å²) in [5.41, 5.74) is 0.800. The zero-order chi connectivity index (χ0) is 14.2. The predicted octanol–water partition coefficient (Wildman–Crippen LogP) is 2.77. The van der Waals surface area contributed by atoms with Crippen LogP contribution in [-0.4, -0.2) is 25.7 Å². The summed E-state index contributed by atoms with van der Waals surface area (Å²) in [6.45, 7) is 2.16. The second kappa shape index (κ2) is 7.80. The molecule has 0 aromatic heterocycles. The largest absolute Gasteiger partial charge is 0.381 e. The summed E-state index contributed by atoms with van der Waals surface area (Å²) in [7, 11) is 0. The van der Waals surface area contributed by atoms with Gasteiger partial charge in [-0.05, 0) is 49.0 Å². The monoisotopic (exact) mass is 277 g/mol. The van der Waals surface area contributed by atoms with Crippen LogP contribution in [0.2, 0.25) is 0 Å². The fourth-order valence-corrected chi connectivity index (χ4v) is 1.73. The van der Waals surface area contributed by atoms with Gasteiger partial charge in [0.15, 0.2) is 0 Å². The molecule has 0 bridgehead atoms. The van der Waals surface area contributed by atoms with Crippen LogP contribution >= 0.6 is 0 Å². The maximum absolute atomic E-state index is 12.7. The van der Waals surface area contributed by atoms with E-state index in [0.717, 1.165) is 24.5 Å². The molecular weight excluding hydrogens is 257 g/mol. The summed E-state index contributed by atoms with van der Waals surface area (Å²) in [6.07, 6.45) is 6.54. The SMILES string of the molecule is O=C(/C=C/c1ccc(F)cc1)NCCCOCC1CC1. The van der Waals surface area contributed by atoms with E-state index in [1.54, 1.807) is 18.2 Å². The second-order valence-corrected chi connectivity index (χ2v) is 5.05. The van der Waals surface area contributed by atoms with Gasteiger partial charge in [0, 0.05) is 25.8 Å². The van der Waals surface area contributed by atoms with Crippen LogP contribution in [0.1, 0.15) is 24.8 Å². The summed E-state index contributed by atoms with van der Waals surface area (Å²) >= 11 is 0. The van der Waals surface area contributed by atoms with Gasteiger partial charge in [-0.3, -0.25) is 4.79 Å². The standard InChI is InChI=1S/C16H20FNO2/c17-15-7-4-13(5-8-15)6-9-16(19)18-10-1-11-20-12-14-2-3-14/h4-9,14H,1-3,10-12H2,(H,18,19)/b9-6+. The summed E-state index contributed by atoms with van der Waals surface area (Å²) in [6, 6.07) is 6.00. The minimum atomic E-state index is -0.280. The van der Waals surface area contributed by atoms with E-state index in [1.165, 1.54) is 31.1 Å². The third-order valence-electron chi connectivity index (χ3n) is 3.11. The summed E-state index contributed by atoms with van der Waals surface area (Å²) in [5.74, 6) is 0.359. The van der Waals surface area contributed by atoms with E-state index >= 15 is 0 Å². The van der Waals surface area contributed by atoms with Crippen molar-refractivity contribution in [3.63, 3.8) is 0 Å². The van der Waals surface area contributed by atoms with Crippen molar-refractivity contribution in [1.29, 1.82) is 0 Å². The highest BCUT2D eigenvalue weighted by molar-refractivity contribution is 5.91. The van der Waals surface area contributed by atoms with Gasteiger partial charge in [0.2, 0.25) is 5.91 Å². The lowest BCUT2D eigenvalue weighted by atomic mass is 10.2. The Morgan fingerprint density at radius 1 is 1.35 bits per heavy atom. The number of amides is 1. The van der Waals surface area contributed by atoms with E-state index in [9.17, 15) is 9.18 Å². The Kier molecular flexibility index (Phi) is 5.74. The van der Waals surface area contributed by atoms with Gasteiger partial charge in [-0.25, -0.2) is 4.39 Å². The molecule has 0 radical (unpaired) electrons. The number of nitrogens with one attached hydrogen (secondary N) is 1. The van der Waals surface area contributed by atoms with Crippen LogP contribution < -0.4 is 5.32 Å². The molecule has 0 spiro atoms. The number of hydrogen-bond donors (Lipinski definition) is 1. The molecule has 1 aromatic carbocycles. The lowest BCUT2D eigenvalue weighted by Crippen LogP contribution is -2.23. The van der Waals surface area contributed by atoms with Gasteiger partial charge in [-0.1, -0.05) is 12.1 Å². The molecule has 1 aliphatic rings. The first-order valence-corrected chi connectivity index (χ1v) is 7.03. The van der Waals surface area contributed by atoms with Crippen molar-refractivity contribution in [2.45, 2.75) is 19.3 Å². The van der Waals surface area contributed by atoms with Gasteiger partial charge in [0.25, 0.3) is 0 Å². The highest BCUT2D eigenvalue weighted by Crippen LogP contribution is 2.28. The number of halogens is 1. The number of ether oxygens (including phenoxy) is 1. The molecule has 1 amide bonds. The van der Waals surface area contributed by atoms with Gasteiger partial charge in [0.1, 0.15) is 5.82 Å². The van der Waals surface area contributed by atoms with Crippen molar-refractivity contribution in [3.05, 3.63) is 41.7 Å². The second-order valence-electron chi connectivity index (χ2n) is 5.05. The van der Waals surface area contributed by atoms with Crippen molar-refractivity contribution < 1.29 is 13.9 Å². The van der Waals surface area contributed by atoms with Crippen molar-refractivity contribution in [1.82, 2.24) is 5.32 Å². The summed E-state index contributed by atoms with van der Waals surface area (Å²) < 4.78 is 18.2. The van der Waals surface area contributed by atoms with Crippen LogP contribution in [0, 0.1) is 11.7 Å². The zero-order valence-electron chi connectivity index (χ0n) is 11.5. The Morgan fingerprint density at radius 3 is 2.80 bits per heavy atom. The Hall–Kier alpha value is -1.68. The fourth-order valence-electron chi connectivity index (χ4n) is 1.73. The number of hydrogen-bond acceptors (Lipinski definition) is 2. The molecule has 1 saturated carbocycles. The number of benzene rings is 1. The van der Waals surface area contributed by atoms with Crippen LogP contribution in [0.25, 0.3) is 6.08 Å². The Morgan fingerprint density at radius 2 is 2.10 bits per heavy atom. The smallest absolute Gasteiger partial charge is 0.244 e. The van der Waals surface area contributed by atoms with Crippen LogP contribution in [0.4, 0.5) is 4.39 Å². The summed E-state index contributed by atoms with van der Waals surface area (Å²) in [4.78, 5) is 11.5. The van der Waals surface area contributed by atoms with E-state index in [1.807, 2.05) is 0 Å². The minimum absolute atomic E-state index is 0.142. The van der Waals surface area contributed by atoms with Crippen molar-refractivity contribution in [3.8, 4) is 0 Å². The average Bonchev–Trinajstić information content (AvgIpc) is 3.26. The molecule has 0 unspecified atom stereocenters. The molecule has 4 heteroatoms.